The summed E-state index contributed by atoms with van der Waals surface area (Å²) in [5, 5.41) is 0. The average Bonchev–Trinajstić information content (AvgIpc) is 2.41. The first-order valence-electron chi connectivity index (χ1n) is 6.30. The van der Waals surface area contributed by atoms with Gasteiger partial charge in [0.2, 0.25) is 0 Å². The molecule has 1 fully saturated rings. The minimum Gasteiger partial charge on any atom is -0.459 e. The van der Waals surface area contributed by atoms with Gasteiger partial charge in [0, 0.05) is 13.1 Å². The summed E-state index contributed by atoms with van der Waals surface area (Å²) in [6.45, 7) is 5.78. The summed E-state index contributed by atoms with van der Waals surface area (Å²) in [4.78, 5) is 14.2. The van der Waals surface area contributed by atoms with E-state index in [-0.39, 0.29) is 12.1 Å². The van der Waals surface area contributed by atoms with E-state index in [0.717, 1.165) is 31.5 Å². The summed E-state index contributed by atoms with van der Waals surface area (Å²) in [5.41, 5.74) is 1.27. The molecule has 1 aromatic carbocycles. The number of nitrogens with zero attached hydrogens (tertiary/aromatic N) is 1. The molecule has 0 aliphatic carbocycles. The molecule has 2 rings (SSSR count). The van der Waals surface area contributed by atoms with Gasteiger partial charge >= 0.3 is 5.97 Å². The van der Waals surface area contributed by atoms with Crippen molar-refractivity contribution in [3.63, 3.8) is 0 Å². The van der Waals surface area contributed by atoms with Crippen molar-refractivity contribution in [3.8, 4) is 0 Å². The van der Waals surface area contributed by atoms with E-state index in [1.165, 1.54) is 0 Å². The number of rotatable bonds is 3. The third kappa shape index (κ3) is 3.20. The number of esters is 1. The van der Waals surface area contributed by atoms with Crippen LogP contribution in [0.25, 0.3) is 5.57 Å². The van der Waals surface area contributed by atoms with Gasteiger partial charge in [-0.1, -0.05) is 36.9 Å². The van der Waals surface area contributed by atoms with Crippen LogP contribution in [-0.4, -0.2) is 37.1 Å². The van der Waals surface area contributed by atoms with Gasteiger partial charge in [-0.3, -0.25) is 0 Å². The van der Waals surface area contributed by atoms with Crippen molar-refractivity contribution < 1.29 is 9.53 Å². The van der Waals surface area contributed by atoms with Gasteiger partial charge < -0.3 is 9.64 Å². The summed E-state index contributed by atoms with van der Waals surface area (Å²) >= 11 is 0. The Morgan fingerprint density at radius 1 is 1.28 bits per heavy atom. The molecule has 0 radical (unpaired) electrons. The Hall–Kier alpha value is -1.61. The number of piperidine rings is 1. The van der Waals surface area contributed by atoms with Gasteiger partial charge in [-0.2, -0.15) is 0 Å². The Balaban J connectivity index is 1.90. The number of carbonyl (C=O) groups excluding carboxylic acids is 1. The number of ether oxygens (including phenoxy) is 1. The van der Waals surface area contributed by atoms with E-state index in [4.69, 9.17) is 4.74 Å². The van der Waals surface area contributed by atoms with Gasteiger partial charge in [0.05, 0.1) is 5.57 Å². The first-order valence-corrected chi connectivity index (χ1v) is 6.30. The summed E-state index contributed by atoms with van der Waals surface area (Å²) in [7, 11) is 2.08. The molecule has 0 amide bonds. The van der Waals surface area contributed by atoms with Crippen LogP contribution in [0, 0.1) is 0 Å². The number of benzene rings is 1. The summed E-state index contributed by atoms with van der Waals surface area (Å²) < 4.78 is 5.49. The SMILES string of the molecule is C=C(C(=O)OC1CCN(C)CC1)c1ccccc1. The van der Waals surface area contributed by atoms with Crippen molar-refractivity contribution in [2.45, 2.75) is 18.9 Å². The van der Waals surface area contributed by atoms with E-state index < -0.39 is 0 Å². The number of hydrogen-bond acceptors (Lipinski definition) is 3. The maximum atomic E-state index is 12.0. The second-order valence-corrected chi connectivity index (χ2v) is 4.75. The number of likely N-dealkylation sites (tertiary alicyclic amines) is 1. The Labute approximate surface area is 108 Å². The molecule has 0 atom stereocenters. The molecule has 1 aliphatic heterocycles. The molecule has 0 N–H and O–H groups in total. The molecule has 0 unspecified atom stereocenters. The zero-order valence-corrected chi connectivity index (χ0v) is 10.8. The molecule has 0 aromatic heterocycles. The molecule has 0 saturated carbocycles. The normalized spacial score (nSPS) is 17.4. The molecular weight excluding hydrogens is 226 g/mol. The van der Waals surface area contributed by atoms with Gasteiger partial charge in [0.25, 0.3) is 0 Å². The molecule has 96 valence electrons. The van der Waals surface area contributed by atoms with E-state index in [9.17, 15) is 4.79 Å². The van der Waals surface area contributed by atoms with E-state index in [2.05, 4.69) is 18.5 Å². The highest BCUT2D eigenvalue weighted by atomic mass is 16.5. The molecule has 3 nitrogen and oxygen atoms in total. The van der Waals surface area contributed by atoms with Crippen LogP contribution in [0.2, 0.25) is 0 Å². The Bertz CT molecular complexity index is 419. The minimum atomic E-state index is -0.296. The fourth-order valence-corrected chi connectivity index (χ4v) is 2.08. The highest BCUT2D eigenvalue weighted by Crippen LogP contribution is 2.18. The van der Waals surface area contributed by atoms with Crippen LogP contribution in [0.4, 0.5) is 0 Å². The lowest BCUT2D eigenvalue weighted by atomic mass is 10.1. The highest BCUT2D eigenvalue weighted by molar-refractivity contribution is 6.15. The highest BCUT2D eigenvalue weighted by Gasteiger charge is 2.21. The van der Waals surface area contributed by atoms with Crippen LogP contribution in [-0.2, 0) is 9.53 Å². The molecule has 0 spiro atoms. The fourth-order valence-electron chi connectivity index (χ4n) is 2.08. The summed E-state index contributed by atoms with van der Waals surface area (Å²) in [6.07, 6.45) is 1.85. The second kappa shape index (κ2) is 5.83. The Kier molecular flexibility index (Phi) is 4.15. The summed E-state index contributed by atoms with van der Waals surface area (Å²) in [5.74, 6) is -0.296. The van der Waals surface area contributed by atoms with Crippen LogP contribution in [0.15, 0.2) is 36.9 Å². The monoisotopic (exact) mass is 245 g/mol. The molecule has 1 aliphatic rings. The van der Waals surface area contributed by atoms with E-state index in [0.29, 0.717) is 5.57 Å². The van der Waals surface area contributed by atoms with Crippen LogP contribution in [0.3, 0.4) is 0 Å². The number of carbonyl (C=O) groups is 1. The Morgan fingerprint density at radius 2 is 1.89 bits per heavy atom. The van der Waals surface area contributed by atoms with Gasteiger partial charge in [-0.15, -0.1) is 0 Å². The van der Waals surface area contributed by atoms with Crippen molar-refractivity contribution in [1.29, 1.82) is 0 Å². The fraction of sp³-hybridized carbons (Fsp3) is 0.400. The zero-order valence-electron chi connectivity index (χ0n) is 10.8. The second-order valence-electron chi connectivity index (χ2n) is 4.75. The molecule has 0 bridgehead atoms. The minimum absolute atomic E-state index is 0.0363. The smallest absolute Gasteiger partial charge is 0.338 e. The lowest BCUT2D eigenvalue weighted by Crippen LogP contribution is -2.35. The molecular formula is C15H19NO2. The van der Waals surface area contributed by atoms with Crippen molar-refractivity contribution in [1.82, 2.24) is 4.90 Å². The zero-order chi connectivity index (χ0) is 13.0. The predicted octanol–water partition coefficient (Wildman–Crippen LogP) is 2.34. The molecule has 1 heterocycles. The molecule has 3 heteroatoms. The van der Waals surface area contributed by atoms with Crippen LogP contribution >= 0.6 is 0 Å². The first kappa shape index (κ1) is 12.8. The number of hydrogen-bond donors (Lipinski definition) is 0. The molecule has 1 saturated heterocycles. The van der Waals surface area contributed by atoms with Crippen LogP contribution < -0.4 is 0 Å². The maximum Gasteiger partial charge on any atom is 0.338 e. The third-order valence-corrected chi connectivity index (χ3v) is 3.31. The topological polar surface area (TPSA) is 29.5 Å². The van der Waals surface area contributed by atoms with Crippen LogP contribution in [0.5, 0.6) is 0 Å². The Morgan fingerprint density at radius 3 is 2.50 bits per heavy atom. The van der Waals surface area contributed by atoms with Crippen molar-refractivity contribution in [2.75, 3.05) is 20.1 Å². The molecule has 1 aromatic rings. The first-order chi connectivity index (χ1) is 8.66. The van der Waals surface area contributed by atoms with Gasteiger partial charge in [-0.05, 0) is 25.5 Å². The van der Waals surface area contributed by atoms with E-state index in [1.54, 1.807) is 0 Å². The van der Waals surface area contributed by atoms with Gasteiger partial charge in [-0.25, -0.2) is 4.79 Å². The van der Waals surface area contributed by atoms with Crippen LogP contribution in [0.1, 0.15) is 18.4 Å². The third-order valence-electron chi connectivity index (χ3n) is 3.31. The van der Waals surface area contributed by atoms with E-state index >= 15 is 0 Å². The van der Waals surface area contributed by atoms with Crippen molar-refractivity contribution in [2.24, 2.45) is 0 Å². The van der Waals surface area contributed by atoms with E-state index in [1.807, 2.05) is 30.3 Å². The largest absolute Gasteiger partial charge is 0.459 e. The lowest BCUT2D eigenvalue weighted by Gasteiger charge is -2.28. The average molecular weight is 245 g/mol. The maximum absolute atomic E-state index is 12.0. The van der Waals surface area contributed by atoms with Gasteiger partial charge in [0.1, 0.15) is 6.10 Å². The predicted molar refractivity (Wildman–Crippen MR) is 72.1 cm³/mol. The lowest BCUT2D eigenvalue weighted by molar-refractivity contribution is -0.143. The van der Waals surface area contributed by atoms with Crippen molar-refractivity contribution in [3.05, 3.63) is 42.5 Å². The van der Waals surface area contributed by atoms with Gasteiger partial charge in [0.15, 0.2) is 0 Å². The molecule has 18 heavy (non-hydrogen) atoms. The quantitative estimate of drug-likeness (QED) is 0.604. The standard InChI is InChI=1S/C15H19NO2/c1-12(13-6-4-3-5-7-13)15(17)18-14-8-10-16(2)11-9-14/h3-7,14H,1,8-11H2,2H3. The van der Waals surface area contributed by atoms with Crippen molar-refractivity contribution >= 4 is 11.5 Å². The summed E-state index contributed by atoms with van der Waals surface area (Å²) in [6, 6.07) is 9.45.